The van der Waals surface area contributed by atoms with Gasteiger partial charge in [-0.2, -0.15) is 0 Å². The second-order valence-corrected chi connectivity index (χ2v) is 6.56. The van der Waals surface area contributed by atoms with Gasteiger partial charge in [-0.3, -0.25) is 4.98 Å². The van der Waals surface area contributed by atoms with Gasteiger partial charge >= 0.3 is 0 Å². The zero-order valence-corrected chi connectivity index (χ0v) is 14.8. The Morgan fingerprint density at radius 3 is 2.60 bits per heavy atom. The summed E-state index contributed by atoms with van der Waals surface area (Å²) in [5.41, 5.74) is 3.66. The highest BCUT2D eigenvalue weighted by Gasteiger charge is 2.12. The van der Waals surface area contributed by atoms with E-state index in [0.717, 1.165) is 27.6 Å². The summed E-state index contributed by atoms with van der Waals surface area (Å²) in [5, 5.41) is 3.54. The van der Waals surface area contributed by atoms with Gasteiger partial charge in [0.15, 0.2) is 0 Å². The van der Waals surface area contributed by atoms with Gasteiger partial charge in [0.2, 0.25) is 0 Å². The quantitative estimate of drug-likeness (QED) is 0.782. The maximum Gasteiger partial charge on any atom is 0.0423 e. The number of aryl methyl sites for hydroxylation is 1. The fourth-order valence-electron chi connectivity index (χ4n) is 2.18. The van der Waals surface area contributed by atoms with E-state index in [1.807, 2.05) is 12.3 Å². The molecule has 0 spiro atoms. The minimum atomic E-state index is 0.292. The number of halogens is 2. The molecule has 4 heteroatoms. The van der Waals surface area contributed by atoms with Crippen LogP contribution in [0.25, 0.3) is 0 Å². The van der Waals surface area contributed by atoms with Crippen LogP contribution in [0, 0.1) is 6.92 Å². The average Bonchev–Trinajstić information content (AvgIpc) is 2.44. The molecule has 0 radical (unpaired) electrons. The molecule has 106 valence electrons. The number of rotatable bonds is 5. The van der Waals surface area contributed by atoms with E-state index in [1.165, 1.54) is 11.1 Å². The predicted octanol–water partition coefficient (Wildman–Crippen LogP) is 4.81. The molecule has 0 bridgehead atoms. The summed E-state index contributed by atoms with van der Waals surface area (Å²) < 4.78 is 2.17. The normalized spacial score (nSPS) is 12.4. The van der Waals surface area contributed by atoms with Gasteiger partial charge in [-0.25, -0.2) is 0 Å². The van der Waals surface area contributed by atoms with Crippen LogP contribution in [-0.4, -0.2) is 11.5 Å². The highest BCUT2D eigenvalue weighted by Crippen LogP contribution is 2.23. The lowest BCUT2D eigenvalue weighted by Crippen LogP contribution is -2.23. The van der Waals surface area contributed by atoms with Crippen molar-refractivity contribution in [2.24, 2.45) is 0 Å². The van der Waals surface area contributed by atoms with Crippen LogP contribution in [0.5, 0.6) is 0 Å². The van der Waals surface area contributed by atoms with Crippen molar-refractivity contribution in [3.05, 3.63) is 62.3 Å². The van der Waals surface area contributed by atoms with E-state index in [9.17, 15) is 0 Å². The van der Waals surface area contributed by atoms with E-state index in [0.29, 0.717) is 6.04 Å². The Morgan fingerprint density at radius 2 is 2.00 bits per heavy atom. The Bertz CT molecular complexity index is 567. The Balaban J connectivity index is 2.21. The van der Waals surface area contributed by atoms with Crippen LogP contribution in [0.15, 0.2) is 45.5 Å². The lowest BCUT2D eigenvalue weighted by Gasteiger charge is -2.19. The maximum atomic E-state index is 4.47. The summed E-state index contributed by atoms with van der Waals surface area (Å²) in [6, 6.07) is 10.9. The predicted molar refractivity (Wildman–Crippen MR) is 90.9 cm³/mol. The van der Waals surface area contributed by atoms with Crippen molar-refractivity contribution in [2.45, 2.75) is 26.3 Å². The monoisotopic (exact) mass is 396 g/mol. The van der Waals surface area contributed by atoms with Crippen LogP contribution < -0.4 is 5.32 Å². The molecular weight excluding hydrogens is 380 g/mol. The van der Waals surface area contributed by atoms with Crippen LogP contribution >= 0.6 is 31.9 Å². The molecule has 0 fully saturated rings. The number of nitrogens with zero attached hydrogens (tertiary/aromatic N) is 1. The molecule has 2 aromatic rings. The first kappa shape index (κ1) is 15.7. The molecule has 1 aromatic heterocycles. The topological polar surface area (TPSA) is 24.9 Å². The maximum absolute atomic E-state index is 4.47. The molecule has 1 unspecified atom stereocenters. The highest BCUT2D eigenvalue weighted by molar-refractivity contribution is 9.10. The Kier molecular flexibility index (Phi) is 5.75. The first-order valence-electron chi connectivity index (χ1n) is 6.70. The molecule has 0 saturated carbocycles. The van der Waals surface area contributed by atoms with Gasteiger partial charge in [0.05, 0.1) is 0 Å². The van der Waals surface area contributed by atoms with E-state index in [1.54, 1.807) is 0 Å². The summed E-state index contributed by atoms with van der Waals surface area (Å²) in [4.78, 5) is 4.47. The van der Waals surface area contributed by atoms with Crippen LogP contribution in [0.1, 0.15) is 29.8 Å². The molecule has 2 rings (SSSR count). The first-order chi connectivity index (χ1) is 9.60. The smallest absolute Gasteiger partial charge is 0.0423 e. The van der Waals surface area contributed by atoms with Crippen molar-refractivity contribution in [3.8, 4) is 0 Å². The largest absolute Gasteiger partial charge is 0.310 e. The summed E-state index contributed by atoms with van der Waals surface area (Å²) in [6.07, 6.45) is 2.74. The number of hydrogen-bond donors (Lipinski definition) is 1. The minimum Gasteiger partial charge on any atom is -0.310 e. The number of aromatic nitrogens is 1. The molecule has 2 nitrogen and oxygen atoms in total. The van der Waals surface area contributed by atoms with E-state index in [4.69, 9.17) is 0 Å². The summed E-state index contributed by atoms with van der Waals surface area (Å²) in [6.45, 7) is 5.19. The number of nitrogens with one attached hydrogen (secondary N) is 1. The van der Waals surface area contributed by atoms with Gasteiger partial charge in [0, 0.05) is 33.3 Å². The van der Waals surface area contributed by atoms with Gasteiger partial charge in [0.1, 0.15) is 0 Å². The molecule has 1 N–H and O–H groups in total. The van der Waals surface area contributed by atoms with E-state index >= 15 is 0 Å². The Morgan fingerprint density at radius 1 is 1.20 bits per heavy atom. The molecule has 1 aromatic carbocycles. The molecule has 1 heterocycles. The number of benzene rings is 1. The third kappa shape index (κ3) is 4.14. The molecule has 0 aliphatic heterocycles. The highest BCUT2D eigenvalue weighted by atomic mass is 79.9. The van der Waals surface area contributed by atoms with Crippen LogP contribution in [0.3, 0.4) is 0 Å². The van der Waals surface area contributed by atoms with Crippen molar-refractivity contribution in [1.82, 2.24) is 10.3 Å². The number of likely N-dealkylation sites (N-methyl/N-ethyl adjacent to an activating group) is 1. The fraction of sp³-hybridized carbons (Fsp3) is 0.312. The summed E-state index contributed by atoms with van der Waals surface area (Å²) in [5.74, 6) is 0. The van der Waals surface area contributed by atoms with Crippen molar-refractivity contribution < 1.29 is 0 Å². The lowest BCUT2D eigenvalue weighted by atomic mass is 10.00. The van der Waals surface area contributed by atoms with E-state index < -0.39 is 0 Å². The van der Waals surface area contributed by atoms with E-state index in [-0.39, 0.29) is 0 Å². The Labute approximate surface area is 137 Å². The number of hydrogen-bond acceptors (Lipinski definition) is 2. The second kappa shape index (κ2) is 7.34. The zero-order valence-electron chi connectivity index (χ0n) is 11.7. The third-order valence-corrected chi connectivity index (χ3v) is 4.60. The third-order valence-electron chi connectivity index (χ3n) is 3.24. The molecule has 20 heavy (non-hydrogen) atoms. The number of pyridine rings is 1. The fourth-order valence-corrected chi connectivity index (χ4v) is 2.66. The van der Waals surface area contributed by atoms with Crippen molar-refractivity contribution >= 4 is 31.9 Å². The Hall–Kier alpha value is -0.710. The van der Waals surface area contributed by atoms with Crippen LogP contribution in [-0.2, 0) is 6.42 Å². The SMILES string of the molecule is CCNC(Cc1ccc(Br)cn1)c1ccc(Br)c(C)c1. The van der Waals surface area contributed by atoms with Gasteiger partial charge in [0.25, 0.3) is 0 Å². The summed E-state index contributed by atoms with van der Waals surface area (Å²) in [7, 11) is 0. The van der Waals surface area contributed by atoms with E-state index in [2.05, 4.69) is 80.3 Å². The van der Waals surface area contributed by atoms with Gasteiger partial charge in [-0.05, 0) is 58.7 Å². The molecule has 1 atom stereocenters. The van der Waals surface area contributed by atoms with Crippen molar-refractivity contribution in [2.75, 3.05) is 6.54 Å². The molecular formula is C16H18Br2N2. The lowest BCUT2D eigenvalue weighted by molar-refractivity contribution is 0.543. The minimum absolute atomic E-state index is 0.292. The standard InChI is InChI=1S/C16H18Br2N2/c1-3-19-16(9-14-6-5-13(17)10-20-14)12-4-7-15(18)11(2)8-12/h4-8,10,16,19H,3,9H2,1-2H3. The van der Waals surface area contributed by atoms with Crippen molar-refractivity contribution in [1.29, 1.82) is 0 Å². The van der Waals surface area contributed by atoms with Crippen LogP contribution in [0.4, 0.5) is 0 Å². The van der Waals surface area contributed by atoms with Crippen LogP contribution in [0.2, 0.25) is 0 Å². The molecule has 0 amide bonds. The van der Waals surface area contributed by atoms with Gasteiger partial charge < -0.3 is 5.32 Å². The molecule has 0 saturated heterocycles. The molecule has 0 aliphatic carbocycles. The zero-order chi connectivity index (χ0) is 14.5. The second-order valence-electron chi connectivity index (χ2n) is 4.79. The van der Waals surface area contributed by atoms with Gasteiger partial charge in [-0.1, -0.05) is 35.0 Å². The average molecular weight is 398 g/mol. The summed E-state index contributed by atoms with van der Waals surface area (Å²) >= 11 is 6.98. The molecule has 0 aliphatic rings. The van der Waals surface area contributed by atoms with Gasteiger partial charge in [-0.15, -0.1) is 0 Å². The first-order valence-corrected chi connectivity index (χ1v) is 8.28. The van der Waals surface area contributed by atoms with Crippen molar-refractivity contribution in [3.63, 3.8) is 0 Å².